The Kier molecular flexibility index (Phi) is 3.95. The van der Waals surface area contributed by atoms with E-state index < -0.39 is 22.9 Å². The van der Waals surface area contributed by atoms with Gasteiger partial charge in [0.05, 0.1) is 0 Å². The lowest BCUT2D eigenvalue weighted by Crippen LogP contribution is -2.37. The first-order valence-corrected chi connectivity index (χ1v) is 7.51. The third-order valence-corrected chi connectivity index (χ3v) is 7.84. The Balaban J connectivity index is 5.86. The minimum Gasteiger partial charge on any atom is -0.314 e. The first-order valence-electron chi connectivity index (χ1n) is 5.81. The van der Waals surface area contributed by atoms with Crippen LogP contribution in [0.5, 0.6) is 0 Å². The van der Waals surface area contributed by atoms with Crippen molar-refractivity contribution in [2.45, 2.75) is 72.6 Å². The summed E-state index contributed by atoms with van der Waals surface area (Å²) >= 11 is 0. The van der Waals surface area contributed by atoms with Gasteiger partial charge >= 0.3 is 0 Å². The molecule has 0 saturated carbocycles. The standard InChI is InChI=1S/C13H27O2P/c1-11(2,3)10(14)16(15,12(4,5)6)13(7,8)9/h1-9H3. The normalized spacial score (nSPS) is 15.1. The predicted octanol–water partition coefficient (Wildman–Crippen LogP) is 4.52. The second kappa shape index (κ2) is 3.98. The molecule has 0 heterocycles. The minimum atomic E-state index is -2.94. The summed E-state index contributed by atoms with van der Waals surface area (Å²) in [5.74, 6) is 0. The molecule has 0 unspecified atom stereocenters. The van der Waals surface area contributed by atoms with E-state index in [0.717, 1.165) is 0 Å². The lowest BCUT2D eigenvalue weighted by atomic mass is 9.99. The summed E-state index contributed by atoms with van der Waals surface area (Å²) in [6, 6.07) is 0. The molecule has 0 radical (unpaired) electrons. The Morgan fingerprint density at radius 2 is 1.00 bits per heavy atom. The maximum absolute atomic E-state index is 13.3. The number of carbonyl (C=O) groups is 1. The third kappa shape index (κ3) is 2.59. The van der Waals surface area contributed by atoms with Crippen molar-refractivity contribution in [3.63, 3.8) is 0 Å². The summed E-state index contributed by atoms with van der Waals surface area (Å²) < 4.78 is 13.3. The smallest absolute Gasteiger partial charge is 0.197 e. The van der Waals surface area contributed by atoms with Gasteiger partial charge in [-0.3, -0.25) is 4.79 Å². The van der Waals surface area contributed by atoms with Gasteiger partial charge < -0.3 is 4.57 Å². The van der Waals surface area contributed by atoms with E-state index in [1.165, 1.54) is 0 Å². The number of carbonyl (C=O) groups excluding carboxylic acids is 1. The van der Waals surface area contributed by atoms with Crippen molar-refractivity contribution in [2.24, 2.45) is 5.41 Å². The summed E-state index contributed by atoms with van der Waals surface area (Å²) in [4.78, 5) is 12.5. The van der Waals surface area contributed by atoms with Gasteiger partial charge in [0.2, 0.25) is 0 Å². The highest BCUT2D eigenvalue weighted by molar-refractivity contribution is 7.83. The van der Waals surface area contributed by atoms with Gasteiger partial charge in [0.25, 0.3) is 0 Å². The zero-order chi connectivity index (χ0) is 13.6. The van der Waals surface area contributed by atoms with Crippen LogP contribution in [-0.2, 0) is 9.36 Å². The van der Waals surface area contributed by atoms with E-state index in [-0.39, 0.29) is 5.52 Å². The average molecular weight is 246 g/mol. The lowest BCUT2D eigenvalue weighted by Gasteiger charge is -2.42. The summed E-state index contributed by atoms with van der Waals surface area (Å²) in [6.07, 6.45) is 0. The second-order valence-electron chi connectivity index (χ2n) is 7.51. The molecule has 0 aromatic rings. The summed E-state index contributed by atoms with van der Waals surface area (Å²) in [5.41, 5.74) is -0.629. The fraction of sp³-hybridized carbons (Fsp3) is 0.923. The molecule has 16 heavy (non-hydrogen) atoms. The Morgan fingerprint density at radius 3 is 1.06 bits per heavy atom. The quantitative estimate of drug-likeness (QED) is 0.637. The van der Waals surface area contributed by atoms with Crippen LogP contribution in [0.1, 0.15) is 62.3 Å². The van der Waals surface area contributed by atoms with Gasteiger partial charge in [0, 0.05) is 15.7 Å². The molecule has 0 amide bonds. The van der Waals surface area contributed by atoms with Crippen LogP contribution < -0.4 is 0 Å². The molecule has 0 aliphatic carbocycles. The van der Waals surface area contributed by atoms with E-state index in [0.29, 0.717) is 0 Å². The molecule has 0 saturated heterocycles. The molecule has 0 spiro atoms. The first-order chi connectivity index (χ1) is 6.65. The molecular formula is C13H27O2P. The Labute approximate surface area is 101 Å². The van der Waals surface area contributed by atoms with Crippen LogP contribution in [0.4, 0.5) is 0 Å². The van der Waals surface area contributed by atoms with E-state index >= 15 is 0 Å². The second-order valence-corrected chi connectivity index (χ2v) is 11.8. The van der Waals surface area contributed by atoms with Crippen molar-refractivity contribution < 1.29 is 9.36 Å². The largest absolute Gasteiger partial charge is 0.314 e. The zero-order valence-electron chi connectivity index (χ0n) is 12.3. The van der Waals surface area contributed by atoms with E-state index in [9.17, 15) is 9.36 Å². The maximum Gasteiger partial charge on any atom is 0.197 e. The number of hydrogen-bond acceptors (Lipinski definition) is 2. The highest BCUT2D eigenvalue weighted by atomic mass is 31.2. The van der Waals surface area contributed by atoms with Crippen LogP contribution in [-0.4, -0.2) is 15.8 Å². The molecule has 0 rings (SSSR count). The molecule has 0 N–H and O–H groups in total. The fourth-order valence-corrected chi connectivity index (χ4v) is 6.26. The van der Waals surface area contributed by atoms with E-state index in [1.54, 1.807) is 0 Å². The van der Waals surface area contributed by atoms with Crippen molar-refractivity contribution in [3.8, 4) is 0 Å². The van der Waals surface area contributed by atoms with Gasteiger partial charge in [-0.15, -0.1) is 0 Å². The monoisotopic (exact) mass is 246 g/mol. The van der Waals surface area contributed by atoms with Crippen molar-refractivity contribution in [1.29, 1.82) is 0 Å². The van der Waals surface area contributed by atoms with Gasteiger partial charge in [0.15, 0.2) is 12.7 Å². The Hall–Kier alpha value is -0.100. The molecule has 96 valence electrons. The fourth-order valence-electron chi connectivity index (χ4n) is 2.09. The highest BCUT2D eigenvalue weighted by Crippen LogP contribution is 2.69. The Morgan fingerprint density at radius 1 is 0.750 bits per heavy atom. The van der Waals surface area contributed by atoms with E-state index in [2.05, 4.69) is 0 Å². The van der Waals surface area contributed by atoms with E-state index in [4.69, 9.17) is 0 Å². The van der Waals surface area contributed by atoms with Crippen LogP contribution in [0.15, 0.2) is 0 Å². The van der Waals surface area contributed by atoms with Crippen LogP contribution in [0.3, 0.4) is 0 Å². The highest BCUT2D eigenvalue weighted by Gasteiger charge is 2.54. The van der Waals surface area contributed by atoms with Crippen LogP contribution in [0.25, 0.3) is 0 Å². The molecule has 0 aromatic carbocycles. The molecule has 0 fully saturated rings. The molecule has 0 aliphatic heterocycles. The van der Waals surface area contributed by atoms with E-state index in [1.807, 2.05) is 62.3 Å². The van der Waals surface area contributed by atoms with Gasteiger partial charge in [-0.05, 0) is 0 Å². The summed E-state index contributed by atoms with van der Waals surface area (Å²) in [6.45, 7) is 17.0. The molecule has 0 bridgehead atoms. The topological polar surface area (TPSA) is 34.1 Å². The molecule has 3 heteroatoms. The number of rotatable bonds is 1. The van der Waals surface area contributed by atoms with Crippen molar-refractivity contribution in [3.05, 3.63) is 0 Å². The average Bonchev–Trinajstić information content (AvgIpc) is 1.95. The number of hydrogen-bond donors (Lipinski definition) is 0. The summed E-state index contributed by atoms with van der Waals surface area (Å²) in [7, 11) is -2.94. The summed E-state index contributed by atoms with van der Waals surface area (Å²) in [5, 5.41) is -0.953. The van der Waals surface area contributed by atoms with Crippen molar-refractivity contribution >= 4 is 12.7 Å². The van der Waals surface area contributed by atoms with Crippen LogP contribution in [0, 0.1) is 5.41 Å². The molecule has 0 atom stereocenters. The van der Waals surface area contributed by atoms with Crippen molar-refractivity contribution in [1.82, 2.24) is 0 Å². The minimum absolute atomic E-state index is 0.0833. The maximum atomic E-state index is 13.3. The molecule has 0 aromatic heterocycles. The van der Waals surface area contributed by atoms with Gasteiger partial charge in [0.1, 0.15) is 0 Å². The first kappa shape index (κ1) is 15.9. The van der Waals surface area contributed by atoms with Gasteiger partial charge in [-0.2, -0.15) is 0 Å². The van der Waals surface area contributed by atoms with Gasteiger partial charge in [-0.25, -0.2) is 0 Å². The van der Waals surface area contributed by atoms with Crippen molar-refractivity contribution in [2.75, 3.05) is 0 Å². The predicted molar refractivity (Wildman–Crippen MR) is 71.6 cm³/mol. The zero-order valence-corrected chi connectivity index (χ0v) is 13.2. The molecule has 0 aliphatic rings. The van der Waals surface area contributed by atoms with Gasteiger partial charge in [-0.1, -0.05) is 62.3 Å². The van der Waals surface area contributed by atoms with Crippen LogP contribution >= 0.6 is 7.14 Å². The lowest BCUT2D eigenvalue weighted by molar-refractivity contribution is -0.118. The SMILES string of the molecule is CC(C)(C)C(=O)P(=O)(C(C)(C)C)C(C)(C)C. The molecular weight excluding hydrogens is 219 g/mol. The van der Waals surface area contributed by atoms with Crippen LogP contribution in [0.2, 0.25) is 0 Å². The third-order valence-electron chi connectivity index (χ3n) is 2.82. The molecule has 2 nitrogen and oxygen atoms in total. The Bertz CT molecular complexity index is 303.